The molecule has 1 aromatic carbocycles. The van der Waals surface area contributed by atoms with Gasteiger partial charge in [0.2, 0.25) is 5.91 Å². The van der Waals surface area contributed by atoms with Gasteiger partial charge in [0.25, 0.3) is 0 Å². The molecule has 104 valence electrons. The van der Waals surface area contributed by atoms with E-state index in [1.54, 1.807) is 0 Å². The van der Waals surface area contributed by atoms with Gasteiger partial charge in [0, 0.05) is 19.6 Å². The van der Waals surface area contributed by atoms with Crippen molar-refractivity contribution in [2.75, 3.05) is 7.05 Å². The van der Waals surface area contributed by atoms with Crippen LogP contribution in [0.1, 0.15) is 36.8 Å². The summed E-state index contributed by atoms with van der Waals surface area (Å²) < 4.78 is 0. The van der Waals surface area contributed by atoms with Gasteiger partial charge in [0.05, 0.1) is 5.92 Å². The maximum atomic E-state index is 12.4. The lowest BCUT2D eigenvalue weighted by Crippen LogP contribution is -2.44. The Hall–Kier alpha value is -1.35. The number of nitrogens with two attached hydrogens (primary N) is 1. The van der Waals surface area contributed by atoms with Crippen LogP contribution in [0.5, 0.6) is 0 Å². The van der Waals surface area contributed by atoms with Crippen LogP contribution in [0, 0.1) is 12.8 Å². The first-order valence-electron chi connectivity index (χ1n) is 7.14. The monoisotopic (exact) mass is 260 g/mol. The van der Waals surface area contributed by atoms with Crippen LogP contribution in [0.3, 0.4) is 0 Å². The first-order chi connectivity index (χ1) is 9.08. The maximum Gasteiger partial charge on any atom is 0.227 e. The fraction of sp³-hybridized carbons (Fsp3) is 0.562. The van der Waals surface area contributed by atoms with Crippen LogP contribution in [0.4, 0.5) is 0 Å². The molecule has 1 amide bonds. The number of carbonyl (C=O) groups is 1. The zero-order chi connectivity index (χ0) is 13.8. The fourth-order valence-corrected chi connectivity index (χ4v) is 2.79. The SMILES string of the molecule is Cc1ccc(CN(C)C(=O)C2CCCCC2N)cc1. The van der Waals surface area contributed by atoms with E-state index in [1.807, 2.05) is 11.9 Å². The Balaban J connectivity index is 1.96. The lowest BCUT2D eigenvalue weighted by molar-refractivity contribution is -0.136. The molecule has 2 atom stereocenters. The van der Waals surface area contributed by atoms with Gasteiger partial charge in [-0.25, -0.2) is 0 Å². The van der Waals surface area contributed by atoms with Crippen LogP contribution in [0.15, 0.2) is 24.3 Å². The van der Waals surface area contributed by atoms with E-state index in [4.69, 9.17) is 5.73 Å². The highest BCUT2D eigenvalue weighted by molar-refractivity contribution is 5.79. The lowest BCUT2D eigenvalue weighted by Gasteiger charge is -2.31. The van der Waals surface area contributed by atoms with E-state index in [-0.39, 0.29) is 17.9 Å². The van der Waals surface area contributed by atoms with Gasteiger partial charge >= 0.3 is 0 Å². The highest BCUT2D eigenvalue weighted by Crippen LogP contribution is 2.25. The van der Waals surface area contributed by atoms with Crippen LogP contribution < -0.4 is 5.73 Å². The van der Waals surface area contributed by atoms with Crippen LogP contribution >= 0.6 is 0 Å². The summed E-state index contributed by atoms with van der Waals surface area (Å²) >= 11 is 0. The first kappa shape index (κ1) is 14.1. The van der Waals surface area contributed by atoms with Crippen LogP contribution in [0.2, 0.25) is 0 Å². The van der Waals surface area contributed by atoms with Crippen molar-refractivity contribution in [3.63, 3.8) is 0 Å². The number of hydrogen-bond acceptors (Lipinski definition) is 2. The normalized spacial score (nSPS) is 23.1. The molecule has 1 saturated carbocycles. The molecule has 0 aliphatic heterocycles. The largest absolute Gasteiger partial charge is 0.341 e. The molecule has 0 spiro atoms. The van der Waals surface area contributed by atoms with E-state index in [0.717, 1.165) is 25.7 Å². The summed E-state index contributed by atoms with van der Waals surface area (Å²) in [6, 6.07) is 8.38. The Morgan fingerprint density at radius 2 is 1.89 bits per heavy atom. The molecule has 2 rings (SSSR count). The van der Waals surface area contributed by atoms with Crippen molar-refractivity contribution < 1.29 is 4.79 Å². The Morgan fingerprint density at radius 1 is 1.26 bits per heavy atom. The summed E-state index contributed by atoms with van der Waals surface area (Å²) in [4.78, 5) is 14.2. The van der Waals surface area contributed by atoms with E-state index in [0.29, 0.717) is 6.54 Å². The van der Waals surface area contributed by atoms with Crippen LogP contribution in [-0.2, 0) is 11.3 Å². The molecule has 1 aromatic rings. The van der Waals surface area contributed by atoms with E-state index < -0.39 is 0 Å². The third kappa shape index (κ3) is 3.57. The van der Waals surface area contributed by atoms with Crippen molar-refractivity contribution in [1.82, 2.24) is 4.90 Å². The Morgan fingerprint density at radius 3 is 2.53 bits per heavy atom. The number of nitrogens with zero attached hydrogens (tertiary/aromatic N) is 1. The highest BCUT2D eigenvalue weighted by atomic mass is 16.2. The highest BCUT2D eigenvalue weighted by Gasteiger charge is 2.30. The predicted octanol–water partition coefficient (Wildman–Crippen LogP) is 2.47. The third-order valence-corrected chi connectivity index (χ3v) is 4.05. The molecular formula is C16H24N2O. The van der Waals surface area contributed by atoms with E-state index >= 15 is 0 Å². The number of benzene rings is 1. The number of rotatable bonds is 3. The summed E-state index contributed by atoms with van der Waals surface area (Å²) in [7, 11) is 1.88. The molecule has 2 N–H and O–H groups in total. The second-order valence-electron chi connectivity index (χ2n) is 5.73. The first-order valence-corrected chi connectivity index (χ1v) is 7.14. The summed E-state index contributed by atoms with van der Waals surface area (Å²) in [6.07, 6.45) is 4.21. The minimum Gasteiger partial charge on any atom is -0.341 e. The topological polar surface area (TPSA) is 46.3 Å². The van der Waals surface area contributed by atoms with Gasteiger partial charge in [-0.15, -0.1) is 0 Å². The van der Waals surface area contributed by atoms with Crippen molar-refractivity contribution in [1.29, 1.82) is 0 Å². The van der Waals surface area contributed by atoms with Crippen LogP contribution in [-0.4, -0.2) is 23.9 Å². The molecule has 0 bridgehead atoms. The molecular weight excluding hydrogens is 236 g/mol. The maximum absolute atomic E-state index is 12.4. The lowest BCUT2D eigenvalue weighted by atomic mass is 9.84. The Labute approximate surface area is 115 Å². The van der Waals surface area contributed by atoms with Crippen molar-refractivity contribution in [2.24, 2.45) is 11.7 Å². The minimum atomic E-state index is 0.0178. The second-order valence-corrected chi connectivity index (χ2v) is 5.73. The molecule has 0 heterocycles. The zero-order valence-corrected chi connectivity index (χ0v) is 11.9. The second kappa shape index (κ2) is 6.20. The molecule has 0 aromatic heterocycles. The standard InChI is InChI=1S/C16H24N2O/c1-12-7-9-13(10-8-12)11-18(2)16(19)14-5-3-4-6-15(14)17/h7-10,14-15H,3-6,11,17H2,1-2H3. The van der Waals surface area contributed by atoms with E-state index in [2.05, 4.69) is 31.2 Å². The van der Waals surface area contributed by atoms with Crippen molar-refractivity contribution in [3.05, 3.63) is 35.4 Å². The summed E-state index contributed by atoms with van der Waals surface area (Å²) in [5.41, 5.74) is 8.50. The molecule has 1 fully saturated rings. The number of carbonyl (C=O) groups excluding carboxylic acids is 1. The molecule has 1 aliphatic rings. The van der Waals surface area contributed by atoms with Gasteiger partial charge in [0.1, 0.15) is 0 Å². The average molecular weight is 260 g/mol. The van der Waals surface area contributed by atoms with Crippen molar-refractivity contribution >= 4 is 5.91 Å². The number of hydrogen-bond donors (Lipinski definition) is 1. The number of amides is 1. The van der Waals surface area contributed by atoms with E-state index in [9.17, 15) is 4.79 Å². The predicted molar refractivity (Wildman–Crippen MR) is 77.6 cm³/mol. The molecule has 19 heavy (non-hydrogen) atoms. The fourth-order valence-electron chi connectivity index (χ4n) is 2.79. The molecule has 1 aliphatic carbocycles. The van der Waals surface area contributed by atoms with Gasteiger partial charge < -0.3 is 10.6 Å². The van der Waals surface area contributed by atoms with Gasteiger partial charge in [-0.3, -0.25) is 4.79 Å². The molecule has 2 unspecified atom stereocenters. The Kier molecular flexibility index (Phi) is 4.59. The van der Waals surface area contributed by atoms with Crippen molar-refractivity contribution in [2.45, 2.75) is 45.2 Å². The number of aryl methyl sites for hydroxylation is 1. The average Bonchev–Trinajstić information content (AvgIpc) is 2.41. The van der Waals surface area contributed by atoms with Crippen molar-refractivity contribution in [3.8, 4) is 0 Å². The van der Waals surface area contributed by atoms with Gasteiger partial charge in [0.15, 0.2) is 0 Å². The molecule has 3 nitrogen and oxygen atoms in total. The quantitative estimate of drug-likeness (QED) is 0.907. The third-order valence-electron chi connectivity index (χ3n) is 4.05. The summed E-state index contributed by atoms with van der Waals surface area (Å²) in [6.45, 7) is 2.74. The Bertz CT molecular complexity index is 427. The van der Waals surface area contributed by atoms with E-state index in [1.165, 1.54) is 11.1 Å². The molecule has 3 heteroatoms. The van der Waals surface area contributed by atoms with Gasteiger partial charge in [-0.1, -0.05) is 42.7 Å². The molecule has 0 radical (unpaired) electrons. The smallest absolute Gasteiger partial charge is 0.227 e. The zero-order valence-electron chi connectivity index (χ0n) is 11.9. The minimum absolute atomic E-state index is 0.0178. The summed E-state index contributed by atoms with van der Waals surface area (Å²) in [5, 5.41) is 0. The van der Waals surface area contributed by atoms with Gasteiger partial charge in [-0.2, -0.15) is 0 Å². The van der Waals surface area contributed by atoms with Gasteiger partial charge in [-0.05, 0) is 25.3 Å². The molecule has 0 saturated heterocycles. The van der Waals surface area contributed by atoms with Crippen LogP contribution in [0.25, 0.3) is 0 Å². The summed E-state index contributed by atoms with van der Waals surface area (Å²) in [5.74, 6) is 0.219.